The molecule has 0 N–H and O–H groups in total. The molecular formula is C13H24FNO. The van der Waals surface area contributed by atoms with Gasteiger partial charge in [-0.05, 0) is 37.6 Å². The molecule has 4 atom stereocenters. The first-order chi connectivity index (χ1) is 7.65. The lowest BCUT2D eigenvalue weighted by molar-refractivity contribution is -0.0752. The molecule has 0 bridgehead atoms. The molecule has 0 saturated carbocycles. The highest BCUT2D eigenvalue weighted by atomic mass is 19.1. The molecule has 0 aromatic heterocycles. The van der Waals surface area contributed by atoms with E-state index in [4.69, 9.17) is 4.74 Å². The van der Waals surface area contributed by atoms with Gasteiger partial charge < -0.3 is 9.64 Å². The summed E-state index contributed by atoms with van der Waals surface area (Å²) in [7, 11) is 0. The van der Waals surface area contributed by atoms with E-state index in [1.807, 2.05) is 0 Å². The maximum atomic E-state index is 13.1. The van der Waals surface area contributed by atoms with Gasteiger partial charge in [0.1, 0.15) is 6.17 Å². The molecule has 2 heterocycles. The molecule has 0 unspecified atom stereocenters. The van der Waals surface area contributed by atoms with Crippen LogP contribution in [0.4, 0.5) is 4.39 Å². The van der Waals surface area contributed by atoms with Crippen LogP contribution in [-0.4, -0.2) is 43.4 Å². The molecule has 2 rings (SSSR count). The Labute approximate surface area is 98.1 Å². The van der Waals surface area contributed by atoms with Crippen molar-refractivity contribution in [1.82, 2.24) is 4.90 Å². The molecule has 0 aromatic carbocycles. The van der Waals surface area contributed by atoms with Crippen molar-refractivity contribution in [3.05, 3.63) is 0 Å². The van der Waals surface area contributed by atoms with Gasteiger partial charge in [-0.15, -0.1) is 0 Å². The Kier molecular flexibility index (Phi) is 4.20. The Hall–Kier alpha value is -0.150. The van der Waals surface area contributed by atoms with E-state index in [0.29, 0.717) is 18.9 Å². The van der Waals surface area contributed by atoms with E-state index in [0.717, 1.165) is 12.5 Å². The third-order valence-corrected chi connectivity index (χ3v) is 3.93. The van der Waals surface area contributed by atoms with Gasteiger partial charge in [0.05, 0.1) is 12.7 Å². The van der Waals surface area contributed by atoms with Crippen molar-refractivity contribution in [2.24, 2.45) is 11.8 Å². The second-order valence-corrected chi connectivity index (χ2v) is 5.69. The molecule has 2 saturated heterocycles. The fraction of sp³-hybridized carbons (Fsp3) is 1.00. The highest BCUT2D eigenvalue weighted by molar-refractivity contribution is 4.80. The predicted octanol–water partition coefficient (Wildman–Crippen LogP) is 2.48. The van der Waals surface area contributed by atoms with Crippen LogP contribution in [0.3, 0.4) is 0 Å². The van der Waals surface area contributed by atoms with E-state index in [1.54, 1.807) is 0 Å². The monoisotopic (exact) mass is 229 g/mol. The van der Waals surface area contributed by atoms with E-state index < -0.39 is 6.17 Å². The third kappa shape index (κ3) is 3.17. The minimum Gasteiger partial charge on any atom is -0.374 e. The van der Waals surface area contributed by atoms with Gasteiger partial charge in [-0.25, -0.2) is 4.39 Å². The minimum atomic E-state index is -0.744. The molecular weight excluding hydrogens is 205 g/mol. The standard InChI is InChI=1S/C13H24FNO/c1-10-4-3-5-15(7-10)8-13-11(2)6-12(14)9-16-13/h10-13H,3-9H2,1-2H3/t10-,11-,12+,13-/m0/s1. The summed E-state index contributed by atoms with van der Waals surface area (Å²) in [5.41, 5.74) is 0. The summed E-state index contributed by atoms with van der Waals surface area (Å²) in [4.78, 5) is 2.49. The third-order valence-electron chi connectivity index (χ3n) is 3.93. The van der Waals surface area contributed by atoms with E-state index in [-0.39, 0.29) is 6.10 Å². The number of ether oxygens (including phenoxy) is 1. The normalized spacial score (nSPS) is 42.2. The van der Waals surface area contributed by atoms with E-state index >= 15 is 0 Å². The van der Waals surface area contributed by atoms with Crippen LogP contribution in [0.15, 0.2) is 0 Å². The predicted molar refractivity (Wildman–Crippen MR) is 63.3 cm³/mol. The van der Waals surface area contributed by atoms with Crippen LogP contribution in [0, 0.1) is 11.8 Å². The van der Waals surface area contributed by atoms with Crippen molar-refractivity contribution < 1.29 is 9.13 Å². The molecule has 2 aliphatic heterocycles. The minimum absolute atomic E-state index is 0.247. The van der Waals surface area contributed by atoms with Crippen molar-refractivity contribution in [2.75, 3.05) is 26.2 Å². The highest BCUT2D eigenvalue weighted by Crippen LogP contribution is 2.25. The van der Waals surface area contributed by atoms with Crippen molar-refractivity contribution in [2.45, 2.75) is 45.4 Å². The van der Waals surface area contributed by atoms with Crippen LogP contribution in [0.2, 0.25) is 0 Å². The largest absolute Gasteiger partial charge is 0.374 e. The van der Waals surface area contributed by atoms with Crippen molar-refractivity contribution in [3.63, 3.8) is 0 Å². The molecule has 94 valence electrons. The summed E-state index contributed by atoms with van der Waals surface area (Å²) >= 11 is 0. The van der Waals surface area contributed by atoms with E-state index in [2.05, 4.69) is 18.7 Å². The van der Waals surface area contributed by atoms with Gasteiger partial charge >= 0.3 is 0 Å². The summed E-state index contributed by atoms with van der Waals surface area (Å²) in [6.07, 6.45) is 2.83. The number of alkyl halides is 1. The summed E-state index contributed by atoms with van der Waals surface area (Å²) in [6, 6.07) is 0. The molecule has 2 nitrogen and oxygen atoms in total. The van der Waals surface area contributed by atoms with Gasteiger partial charge in [0, 0.05) is 13.1 Å². The van der Waals surface area contributed by atoms with Gasteiger partial charge in [0.15, 0.2) is 0 Å². The van der Waals surface area contributed by atoms with Gasteiger partial charge in [0.25, 0.3) is 0 Å². The summed E-state index contributed by atoms with van der Waals surface area (Å²) in [6.45, 7) is 8.11. The second kappa shape index (κ2) is 5.46. The number of likely N-dealkylation sites (tertiary alicyclic amines) is 1. The topological polar surface area (TPSA) is 12.5 Å². The molecule has 0 radical (unpaired) electrons. The zero-order chi connectivity index (χ0) is 11.5. The highest BCUT2D eigenvalue weighted by Gasteiger charge is 2.30. The number of piperidine rings is 1. The van der Waals surface area contributed by atoms with Crippen molar-refractivity contribution in [3.8, 4) is 0 Å². The summed E-state index contributed by atoms with van der Waals surface area (Å²) in [5.74, 6) is 1.17. The summed E-state index contributed by atoms with van der Waals surface area (Å²) in [5, 5.41) is 0. The molecule has 0 aliphatic carbocycles. The molecule has 2 aliphatic rings. The zero-order valence-corrected chi connectivity index (χ0v) is 10.5. The lowest BCUT2D eigenvalue weighted by Gasteiger charge is -2.38. The number of hydrogen-bond donors (Lipinski definition) is 0. The van der Waals surface area contributed by atoms with Gasteiger partial charge in [-0.1, -0.05) is 13.8 Å². The van der Waals surface area contributed by atoms with Gasteiger partial charge in [0.2, 0.25) is 0 Å². The number of nitrogens with zero attached hydrogens (tertiary/aromatic N) is 1. The Morgan fingerprint density at radius 2 is 2.19 bits per heavy atom. The Morgan fingerprint density at radius 3 is 2.88 bits per heavy atom. The molecule has 2 fully saturated rings. The van der Waals surface area contributed by atoms with Crippen LogP contribution in [0.25, 0.3) is 0 Å². The Balaban J connectivity index is 1.80. The van der Waals surface area contributed by atoms with Crippen LogP contribution in [0.1, 0.15) is 33.1 Å². The summed E-state index contributed by atoms with van der Waals surface area (Å²) < 4.78 is 18.7. The molecule has 0 amide bonds. The quantitative estimate of drug-likeness (QED) is 0.721. The Morgan fingerprint density at radius 1 is 1.38 bits per heavy atom. The maximum absolute atomic E-state index is 13.1. The SMILES string of the molecule is C[C@H]1CCCN(C[C@@H]2OC[C@H](F)C[C@@H]2C)C1. The Bertz CT molecular complexity index is 224. The maximum Gasteiger partial charge on any atom is 0.124 e. The smallest absolute Gasteiger partial charge is 0.124 e. The van der Waals surface area contributed by atoms with Crippen LogP contribution in [-0.2, 0) is 4.74 Å². The first-order valence-electron chi connectivity index (χ1n) is 6.63. The van der Waals surface area contributed by atoms with Crippen LogP contribution in [0.5, 0.6) is 0 Å². The lowest BCUT2D eigenvalue weighted by Crippen LogP contribution is -2.45. The average Bonchev–Trinajstić information content (AvgIpc) is 2.22. The zero-order valence-electron chi connectivity index (χ0n) is 10.5. The number of halogens is 1. The number of hydrogen-bond acceptors (Lipinski definition) is 2. The van der Waals surface area contributed by atoms with Gasteiger partial charge in [-0.2, -0.15) is 0 Å². The molecule has 3 heteroatoms. The first-order valence-corrected chi connectivity index (χ1v) is 6.63. The molecule has 0 spiro atoms. The first kappa shape index (κ1) is 12.3. The lowest BCUT2D eigenvalue weighted by atomic mass is 9.93. The fourth-order valence-corrected chi connectivity index (χ4v) is 2.96. The van der Waals surface area contributed by atoms with Crippen molar-refractivity contribution >= 4 is 0 Å². The van der Waals surface area contributed by atoms with Crippen LogP contribution < -0.4 is 0 Å². The number of rotatable bonds is 2. The van der Waals surface area contributed by atoms with Crippen molar-refractivity contribution in [1.29, 1.82) is 0 Å². The second-order valence-electron chi connectivity index (χ2n) is 5.69. The van der Waals surface area contributed by atoms with E-state index in [9.17, 15) is 4.39 Å². The average molecular weight is 229 g/mol. The molecule has 0 aromatic rings. The molecule has 16 heavy (non-hydrogen) atoms. The van der Waals surface area contributed by atoms with E-state index in [1.165, 1.54) is 25.9 Å². The fourth-order valence-electron chi connectivity index (χ4n) is 2.96. The van der Waals surface area contributed by atoms with Gasteiger partial charge in [-0.3, -0.25) is 0 Å². The van der Waals surface area contributed by atoms with Crippen LogP contribution >= 0.6 is 0 Å².